The number of benzene rings is 2. The summed E-state index contributed by atoms with van der Waals surface area (Å²) in [5.41, 5.74) is 2.70. The molecule has 0 spiro atoms. The molecule has 2 aromatic rings. The van der Waals surface area contributed by atoms with Crippen molar-refractivity contribution in [2.75, 3.05) is 32.7 Å². The number of hydrazone groups is 1. The third-order valence-electron chi connectivity index (χ3n) is 4.74. The van der Waals surface area contributed by atoms with E-state index in [1.165, 1.54) is 23.8 Å². The highest BCUT2D eigenvalue weighted by Gasteiger charge is 2.32. The van der Waals surface area contributed by atoms with Crippen LogP contribution < -0.4 is 5.43 Å². The molecule has 0 atom stereocenters. The van der Waals surface area contributed by atoms with Crippen LogP contribution in [0.25, 0.3) is 0 Å². The first-order valence-corrected chi connectivity index (χ1v) is 9.38. The van der Waals surface area contributed by atoms with E-state index in [0.717, 1.165) is 45.0 Å². The van der Waals surface area contributed by atoms with E-state index >= 15 is 0 Å². The van der Waals surface area contributed by atoms with E-state index in [1.807, 2.05) is 23.1 Å². The third-order valence-corrected chi connectivity index (χ3v) is 4.74. The fourth-order valence-electron chi connectivity index (χ4n) is 3.23. The molecule has 0 aliphatic carbocycles. The Morgan fingerprint density at radius 1 is 0.966 bits per heavy atom. The van der Waals surface area contributed by atoms with Gasteiger partial charge >= 0.3 is 6.18 Å². The fraction of sp³-hybridized carbons (Fsp3) is 0.333. The lowest BCUT2D eigenvalue weighted by Crippen LogP contribution is -2.48. The minimum Gasteiger partial charge on any atom is -0.297 e. The van der Waals surface area contributed by atoms with Gasteiger partial charge in [-0.25, -0.2) is 5.43 Å². The van der Waals surface area contributed by atoms with Gasteiger partial charge in [0.1, 0.15) is 0 Å². The molecular formula is C21H23F3N4O. The number of carbonyl (C=O) groups excluding carboxylic acids is 1. The second-order valence-corrected chi connectivity index (χ2v) is 6.92. The molecule has 0 unspecified atom stereocenters. The summed E-state index contributed by atoms with van der Waals surface area (Å²) in [6.45, 7) is 4.25. The molecule has 5 nitrogen and oxygen atoms in total. The Kier molecular flexibility index (Phi) is 7.00. The molecule has 1 aliphatic heterocycles. The topological polar surface area (TPSA) is 47.9 Å². The molecule has 1 N–H and O–H groups in total. The zero-order valence-corrected chi connectivity index (χ0v) is 15.9. The predicted octanol–water partition coefficient (Wildman–Crippen LogP) is 2.97. The molecule has 1 fully saturated rings. The Balaban J connectivity index is 1.43. The maximum atomic E-state index is 13.0. The largest absolute Gasteiger partial charge is 0.417 e. The van der Waals surface area contributed by atoms with Gasteiger partial charge in [-0.1, -0.05) is 48.5 Å². The van der Waals surface area contributed by atoms with Gasteiger partial charge in [0, 0.05) is 38.3 Å². The zero-order chi connectivity index (χ0) is 20.7. The molecular weight excluding hydrogens is 381 g/mol. The lowest BCUT2D eigenvalue weighted by molar-refractivity contribution is -0.137. The second kappa shape index (κ2) is 9.67. The molecule has 29 heavy (non-hydrogen) atoms. The van der Waals surface area contributed by atoms with Crippen LogP contribution in [0.1, 0.15) is 16.7 Å². The highest BCUT2D eigenvalue weighted by atomic mass is 19.4. The van der Waals surface area contributed by atoms with Gasteiger partial charge in [0.25, 0.3) is 5.91 Å². The molecule has 0 radical (unpaired) electrons. The molecule has 0 bridgehead atoms. The predicted molar refractivity (Wildman–Crippen MR) is 105 cm³/mol. The van der Waals surface area contributed by atoms with Gasteiger partial charge in [0.15, 0.2) is 0 Å². The first-order chi connectivity index (χ1) is 13.9. The molecule has 154 valence electrons. The van der Waals surface area contributed by atoms with E-state index in [2.05, 4.69) is 27.6 Å². The summed E-state index contributed by atoms with van der Waals surface area (Å²) in [5.74, 6) is -0.345. The number of amides is 1. The zero-order valence-electron chi connectivity index (χ0n) is 15.9. The van der Waals surface area contributed by atoms with E-state index in [4.69, 9.17) is 0 Å². The Bertz CT molecular complexity index is 831. The van der Waals surface area contributed by atoms with Gasteiger partial charge in [-0.2, -0.15) is 18.3 Å². The maximum absolute atomic E-state index is 13.0. The summed E-state index contributed by atoms with van der Waals surface area (Å²) in [7, 11) is 0. The van der Waals surface area contributed by atoms with Gasteiger partial charge in [-0.15, -0.1) is 0 Å². The summed E-state index contributed by atoms with van der Waals surface area (Å²) < 4.78 is 38.9. The van der Waals surface area contributed by atoms with Crippen molar-refractivity contribution in [3.63, 3.8) is 0 Å². The monoisotopic (exact) mass is 404 g/mol. The number of nitrogens with one attached hydrogen (secondary N) is 1. The number of nitrogens with zero attached hydrogens (tertiary/aromatic N) is 3. The fourth-order valence-corrected chi connectivity index (χ4v) is 3.23. The molecule has 0 aromatic heterocycles. The van der Waals surface area contributed by atoms with E-state index in [1.54, 1.807) is 0 Å². The summed E-state index contributed by atoms with van der Waals surface area (Å²) >= 11 is 0. The van der Waals surface area contributed by atoms with Crippen molar-refractivity contribution < 1.29 is 18.0 Å². The normalized spacial score (nSPS) is 16.2. The quantitative estimate of drug-likeness (QED) is 0.595. The molecule has 0 saturated carbocycles. The van der Waals surface area contributed by atoms with Crippen LogP contribution in [-0.4, -0.2) is 54.6 Å². The van der Waals surface area contributed by atoms with Gasteiger partial charge in [-0.05, 0) is 11.6 Å². The van der Waals surface area contributed by atoms with Crippen molar-refractivity contribution in [2.24, 2.45) is 5.10 Å². The van der Waals surface area contributed by atoms with Crippen LogP contribution in [0.15, 0.2) is 59.7 Å². The number of piperazine rings is 1. The van der Waals surface area contributed by atoms with Crippen LogP contribution >= 0.6 is 0 Å². The Hall–Kier alpha value is -2.71. The van der Waals surface area contributed by atoms with Gasteiger partial charge in [-0.3, -0.25) is 14.6 Å². The van der Waals surface area contributed by atoms with Crippen LogP contribution in [0.5, 0.6) is 0 Å². The average molecular weight is 404 g/mol. The molecule has 1 amide bonds. The van der Waals surface area contributed by atoms with Gasteiger partial charge < -0.3 is 0 Å². The van der Waals surface area contributed by atoms with Crippen molar-refractivity contribution in [1.82, 2.24) is 15.2 Å². The average Bonchev–Trinajstić information content (AvgIpc) is 2.70. The highest BCUT2D eigenvalue weighted by Crippen LogP contribution is 2.31. The third kappa shape index (κ3) is 6.40. The number of halogens is 3. The smallest absolute Gasteiger partial charge is 0.297 e. The molecule has 8 heteroatoms. The van der Waals surface area contributed by atoms with Gasteiger partial charge in [0.05, 0.1) is 18.3 Å². The van der Waals surface area contributed by atoms with Gasteiger partial charge in [0.2, 0.25) is 0 Å². The standard InChI is InChI=1S/C21H23F3N4O/c22-21(23,24)19-9-5-4-8-18(19)14-25-26-20(29)16-28-12-10-27(11-13-28)15-17-6-2-1-3-7-17/h1-9,14H,10-13,15-16H2,(H,26,29)/b25-14+. The van der Waals surface area contributed by atoms with E-state index in [9.17, 15) is 18.0 Å². The number of rotatable bonds is 6. The summed E-state index contributed by atoms with van der Waals surface area (Å²) in [6.07, 6.45) is -3.44. The van der Waals surface area contributed by atoms with Crippen molar-refractivity contribution in [3.8, 4) is 0 Å². The molecule has 1 heterocycles. The summed E-state index contributed by atoms with van der Waals surface area (Å²) in [4.78, 5) is 16.4. The van der Waals surface area contributed by atoms with E-state index in [0.29, 0.717) is 0 Å². The molecule has 2 aromatic carbocycles. The van der Waals surface area contributed by atoms with Crippen molar-refractivity contribution in [2.45, 2.75) is 12.7 Å². The minimum atomic E-state index is -4.47. The van der Waals surface area contributed by atoms with Crippen molar-refractivity contribution in [3.05, 3.63) is 71.3 Å². The van der Waals surface area contributed by atoms with Crippen LogP contribution in [-0.2, 0) is 17.5 Å². The maximum Gasteiger partial charge on any atom is 0.417 e. The SMILES string of the molecule is O=C(CN1CCN(Cc2ccccc2)CC1)N/N=C/c1ccccc1C(F)(F)F. The first kappa shape index (κ1) is 21.0. The number of hydrogen-bond acceptors (Lipinski definition) is 4. The molecule has 1 aliphatic rings. The summed E-state index contributed by atoms with van der Waals surface area (Å²) in [6, 6.07) is 15.3. The second-order valence-electron chi connectivity index (χ2n) is 6.92. The lowest BCUT2D eigenvalue weighted by Gasteiger charge is -2.34. The summed E-state index contributed by atoms with van der Waals surface area (Å²) in [5, 5.41) is 3.69. The van der Waals surface area contributed by atoms with Crippen LogP contribution in [0, 0.1) is 0 Å². The minimum absolute atomic E-state index is 0.0881. The molecule has 1 saturated heterocycles. The lowest BCUT2D eigenvalue weighted by atomic mass is 10.1. The number of hydrogen-bond donors (Lipinski definition) is 1. The Morgan fingerprint density at radius 2 is 1.59 bits per heavy atom. The van der Waals surface area contributed by atoms with Crippen molar-refractivity contribution >= 4 is 12.1 Å². The van der Waals surface area contributed by atoms with Crippen LogP contribution in [0.2, 0.25) is 0 Å². The van der Waals surface area contributed by atoms with Crippen LogP contribution in [0.4, 0.5) is 13.2 Å². The van der Waals surface area contributed by atoms with Crippen molar-refractivity contribution in [1.29, 1.82) is 0 Å². The highest BCUT2D eigenvalue weighted by molar-refractivity contribution is 5.84. The molecule has 3 rings (SSSR count). The Labute approximate surface area is 167 Å². The van der Waals surface area contributed by atoms with Crippen LogP contribution in [0.3, 0.4) is 0 Å². The Morgan fingerprint density at radius 3 is 2.28 bits per heavy atom. The number of carbonyl (C=O) groups is 1. The van der Waals surface area contributed by atoms with E-state index < -0.39 is 11.7 Å². The first-order valence-electron chi connectivity index (χ1n) is 9.38. The number of alkyl halides is 3. The van der Waals surface area contributed by atoms with E-state index in [-0.39, 0.29) is 18.0 Å².